The molecule has 0 fully saturated rings. The highest BCUT2D eigenvalue weighted by Crippen LogP contribution is 2.31. The van der Waals surface area contributed by atoms with Crippen molar-refractivity contribution in [2.24, 2.45) is 0 Å². The number of anilines is 2. The van der Waals surface area contributed by atoms with Gasteiger partial charge in [0.05, 0.1) is 5.56 Å². The van der Waals surface area contributed by atoms with Crippen LogP contribution >= 0.6 is 0 Å². The number of alkyl halides is 3. The van der Waals surface area contributed by atoms with E-state index in [9.17, 15) is 23.1 Å². The van der Waals surface area contributed by atoms with Crippen LogP contribution in [0.25, 0.3) is 0 Å². The molecule has 0 unspecified atom stereocenters. The summed E-state index contributed by atoms with van der Waals surface area (Å²) >= 11 is 0. The van der Waals surface area contributed by atoms with Gasteiger partial charge in [-0.05, 0) is 48.5 Å². The molecule has 3 aromatic rings. The first-order valence-electron chi connectivity index (χ1n) is 7.44. The largest absolute Gasteiger partial charge is 0.501 e. The number of ether oxygens (including phenoxy) is 1. The first-order valence-corrected chi connectivity index (χ1v) is 7.44. The molecule has 7 nitrogen and oxygen atoms in total. The second kappa shape index (κ2) is 6.90. The minimum atomic E-state index is -4.42. The molecule has 4 N–H and O–H groups in total. The SMILES string of the molecule is Nc1noc(C(=O)Nc2ccc(Oc3ccc(C(F)(F)F)cc3)cc2)c1O. The number of nitrogens with two attached hydrogens (primary N) is 1. The van der Waals surface area contributed by atoms with Gasteiger partial charge in [0.15, 0.2) is 0 Å². The zero-order valence-corrected chi connectivity index (χ0v) is 13.4. The smallest absolute Gasteiger partial charge is 0.416 e. The van der Waals surface area contributed by atoms with Gasteiger partial charge >= 0.3 is 6.18 Å². The Morgan fingerprint density at radius 2 is 1.63 bits per heavy atom. The number of amides is 1. The third kappa shape index (κ3) is 4.11. The van der Waals surface area contributed by atoms with Gasteiger partial charge in [0.1, 0.15) is 11.5 Å². The van der Waals surface area contributed by atoms with Crippen molar-refractivity contribution in [3.8, 4) is 17.2 Å². The molecule has 1 heterocycles. The molecule has 0 atom stereocenters. The Kier molecular flexibility index (Phi) is 4.63. The number of aromatic nitrogens is 1. The summed E-state index contributed by atoms with van der Waals surface area (Å²) in [6, 6.07) is 10.2. The van der Waals surface area contributed by atoms with Gasteiger partial charge in [-0.3, -0.25) is 4.79 Å². The van der Waals surface area contributed by atoms with Crippen LogP contribution in [-0.4, -0.2) is 16.2 Å². The third-order valence-corrected chi connectivity index (χ3v) is 3.43. The summed E-state index contributed by atoms with van der Waals surface area (Å²) < 4.78 is 47.7. The maximum atomic E-state index is 12.5. The molecule has 3 rings (SSSR count). The first kappa shape index (κ1) is 18.1. The van der Waals surface area contributed by atoms with Crippen LogP contribution < -0.4 is 15.8 Å². The fourth-order valence-corrected chi connectivity index (χ4v) is 2.09. The Morgan fingerprint density at radius 1 is 1.07 bits per heavy atom. The summed E-state index contributed by atoms with van der Waals surface area (Å²) in [6.07, 6.45) is -4.42. The second-order valence-corrected chi connectivity index (χ2v) is 5.35. The molecule has 0 aliphatic heterocycles. The molecule has 0 bridgehead atoms. The number of aromatic hydroxyl groups is 1. The van der Waals surface area contributed by atoms with E-state index in [0.717, 1.165) is 12.1 Å². The van der Waals surface area contributed by atoms with E-state index in [4.69, 9.17) is 10.5 Å². The highest BCUT2D eigenvalue weighted by atomic mass is 19.4. The van der Waals surface area contributed by atoms with E-state index in [2.05, 4.69) is 15.0 Å². The fourth-order valence-electron chi connectivity index (χ4n) is 2.09. The zero-order valence-electron chi connectivity index (χ0n) is 13.4. The van der Waals surface area contributed by atoms with Crippen molar-refractivity contribution in [3.63, 3.8) is 0 Å². The highest BCUT2D eigenvalue weighted by molar-refractivity contribution is 6.04. The van der Waals surface area contributed by atoms with Crippen molar-refractivity contribution in [2.45, 2.75) is 6.18 Å². The Labute approximate surface area is 150 Å². The molecule has 0 aliphatic carbocycles. The van der Waals surface area contributed by atoms with Crippen LogP contribution in [-0.2, 0) is 6.18 Å². The molecule has 0 spiro atoms. The number of rotatable bonds is 4. The van der Waals surface area contributed by atoms with Crippen LogP contribution in [0.5, 0.6) is 17.2 Å². The minimum absolute atomic E-state index is 0.224. The number of nitrogens with zero attached hydrogens (tertiary/aromatic N) is 1. The van der Waals surface area contributed by atoms with Gasteiger partial charge in [-0.25, -0.2) is 0 Å². The maximum Gasteiger partial charge on any atom is 0.416 e. The van der Waals surface area contributed by atoms with Crippen LogP contribution in [0.4, 0.5) is 24.7 Å². The van der Waals surface area contributed by atoms with Crippen molar-refractivity contribution in [3.05, 3.63) is 59.9 Å². The summed E-state index contributed by atoms with van der Waals surface area (Å²) in [5.74, 6) is -1.48. The number of carbonyl (C=O) groups is 1. The molecule has 0 saturated carbocycles. The predicted molar refractivity (Wildman–Crippen MR) is 88.5 cm³/mol. The normalized spacial score (nSPS) is 11.2. The van der Waals surface area contributed by atoms with E-state index in [1.54, 1.807) is 0 Å². The summed E-state index contributed by atoms with van der Waals surface area (Å²) in [5.41, 5.74) is 4.87. The van der Waals surface area contributed by atoms with Crippen LogP contribution in [0.1, 0.15) is 16.1 Å². The van der Waals surface area contributed by atoms with Gasteiger partial charge in [0.2, 0.25) is 11.6 Å². The van der Waals surface area contributed by atoms with Crippen molar-refractivity contribution in [2.75, 3.05) is 11.1 Å². The van der Waals surface area contributed by atoms with Crippen molar-refractivity contribution < 1.29 is 32.3 Å². The molecule has 0 aliphatic rings. The number of halogens is 3. The van der Waals surface area contributed by atoms with E-state index in [0.29, 0.717) is 11.4 Å². The maximum absolute atomic E-state index is 12.5. The quantitative estimate of drug-likeness (QED) is 0.631. The third-order valence-electron chi connectivity index (χ3n) is 3.43. The van der Waals surface area contributed by atoms with E-state index < -0.39 is 29.2 Å². The van der Waals surface area contributed by atoms with Gasteiger partial charge in [0.25, 0.3) is 11.7 Å². The van der Waals surface area contributed by atoms with E-state index in [1.807, 2.05) is 0 Å². The van der Waals surface area contributed by atoms with Crippen LogP contribution in [0.3, 0.4) is 0 Å². The van der Waals surface area contributed by atoms with E-state index in [1.165, 1.54) is 36.4 Å². The average molecular weight is 379 g/mol. The molecule has 1 aromatic heterocycles. The van der Waals surface area contributed by atoms with E-state index >= 15 is 0 Å². The summed E-state index contributed by atoms with van der Waals surface area (Å²) in [6.45, 7) is 0. The van der Waals surface area contributed by atoms with Gasteiger partial charge in [0, 0.05) is 5.69 Å². The van der Waals surface area contributed by atoms with E-state index in [-0.39, 0.29) is 11.6 Å². The van der Waals surface area contributed by atoms with Crippen molar-refractivity contribution >= 4 is 17.4 Å². The molecule has 0 radical (unpaired) electrons. The lowest BCUT2D eigenvalue weighted by Gasteiger charge is -2.09. The standard InChI is InChI=1S/C17H12F3N3O4/c18-17(19,20)9-1-5-11(6-2-9)26-12-7-3-10(4-8-12)22-16(25)14-13(24)15(21)23-27-14/h1-8,24H,(H2,21,23)(H,22,25). The number of hydrogen-bond donors (Lipinski definition) is 3. The fraction of sp³-hybridized carbons (Fsp3) is 0.0588. The number of nitrogen functional groups attached to an aromatic ring is 1. The summed E-state index contributed by atoms with van der Waals surface area (Å²) in [4.78, 5) is 12.0. The summed E-state index contributed by atoms with van der Waals surface area (Å²) in [7, 11) is 0. The molecule has 10 heteroatoms. The zero-order chi connectivity index (χ0) is 19.6. The molecule has 2 aromatic carbocycles. The second-order valence-electron chi connectivity index (χ2n) is 5.35. The lowest BCUT2D eigenvalue weighted by molar-refractivity contribution is -0.137. The van der Waals surface area contributed by atoms with Crippen LogP contribution in [0.2, 0.25) is 0 Å². The number of nitrogens with one attached hydrogen (secondary N) is 1. The van der Waals surface area contributed by atoms with Crippen molar-refractivity contribution in [1.82, 2.24) is 5.16 Å². The van der Waals surface area contributed by atoms with Crippen LogP contribution in [0, 0.1) is 0 Å². The molecule has 140 valence electrons. The van der Waals surface area contributed by atoms with Crippen molar-refractivity contribution in [1.29, 1.82) is 0 Å². The first-order chi connectivity index (χ1) is 12.7. The molecule has 1 amide bonds. The Bertz CT molecular complexity index is 951. The van der Waals surface area contributed by atoms with Gasteiger partial charge in [-0.1, -0.05) is 5.16 Å². The van der Waals surface area contributed by atoms with Crippen LogP contribution in [0.15, 0.2) is 53.1 Å². The Morgan fingerprint density at radius 3 is 2.11 bits per heavy atom. The monoisotopic (exact) mass is 379 g/mol. The lowest BCUT2D eigenvalue weighted by atomic mass is 10.2. The number of carbonyl (C=O) groups excluding carboxylic acids is 1. The van der Waals surface area contributed by atoms with Gasteiger partial charge < -0.3 is 25.4 Å². The molecule has 27 heavy (non-hydrogen) atoms. The minimum Gasteiger partial charge on any atom is -0.501 e. The predicted octanol–water partition coefficient (Wildman–Crippen LogP) is 4.03. The molecule has 0 saturated heterocycles. The van der Waals surface area contributed by atoms with Gasteiger partial charge in [-0.15, -0.1) is 0 Å². The summed E-state index contributed by atoms with van der Waals surface area (Å²) in [5, 5.41) is 15.3. The Balaban J connectivity index is 1.65. The number of benzene rings is 2. The lowest BCUT2D eigenvalue weighted by Crippen LogP contribution is -2.11. The molecular formula is C17H12F3N3O4. The number of hydrogen-bond acceptors (Lipinski definition) is 6. The topological polar surface area (TPSA) is 111 Å². The molecular weight excluding hydrogens is 367 g/mol. The average Bonchev–Trinajstić information content (AvgIpc) is 2.95. The Hall–Kier alpha value is -3.69. The highest BCUT2D eigenvalue weighted by Gasteiger charge is 2.30. The van der Waals surface area contributed by atoms with Gasteiger partial charge in [-0.2, -0.15) is 13.2 Å².